The van der Waals surface area contributed by atoms with Gasteiger partial charge in [-0.3, -0.25) is 9.89 Å². The molecule has 0 saturated carbocycles. The molecule has 1 heterocycles. The predicted octanol–water partition coefficient (Wildman–Crippen LogP) is 2.30. The zero-order valence-corrected chi connectivity index (χ0v) is 12.0. The molecule has 1 atom stereocenters. The third-order valence-electron chi connectivity index (χ3n) is 2.92. The van der Waals surface area contributed by atoms with E-state index >= 15 is 0 Å². The van der Waals surface area contributed by atoms with Gasteiger partial charge in [-0.05, 0) is 23.6 Å². The molecule has 0 saturated heterocycles. The van der Waals surface area contributed by atoms with Crippen molar-refractivity contribution in [2.75, 3.05) is 5.32 Å². The maximum Gasteiger partial charge on any atom is 0.241 e. The summed E-state index contributed by atoms with van der Waals surface area (Å²) in [6, 6.07) is 5.03. The lowest BCUT2D eigenvalue weighted by molar-refractivity contribution is -0.119. The van der Waals surface area contributed by atoms with Crippen LogP contribution in [-0.2, 0) is 4.79 Å². The first-order valence-electron chi connectivity index (χ1n) is 5.87. The van der Waals surface area contributed by atoms with Gasteiger partial charge in [0.25, 0.3) is 0 Å². The summed E-state index contributed by atoms with van der Waals surface area (Å²) >= 11 is 0. The fourth-order valence-corrected chi connectivity index (χ4v) is 1.63. The molecule has 4 N–H and O–H groups in total. The van der Waals surface area contributed by atoms with Gasteiger partial charge < -0.3 is 11.1 Å². The molecule has 2 aromatic rings. The van der Waals surface area contributed by atoms with Crippen molar-refractivity contribution in [1.29, 1.82) is 0 Å². The fourth-order valence-electron chi connectivity index (χ4n) is 1.63. The number of nitrogens with one attached hydrogen (secondary N) is 2. The first-order chi connectivity index (χ1) is 8.38. The van der Waals surface area contributed by atoms with Gasteiger partial charge in [0.15, 0.2) is 0 Å². The zero-order chi connectivity index (χ0) is 13.3. The number of carbonyl (C=O) groups is 1. The van der Waals surface area contributed by atoms with Crippen molar-refractivity contribution in [2.24, 2.45) is 11.1 Å². The smallest absolute Gasteiger partial charge is 0.241 e. The maximum atomic E-state index is 12.0. The SMILES string of the molecule is CC(C)(C)[C@H](N)C(=O)Nc1ccc2[nH]ncc2c1.Cl. The number of halogens is 1. The Hall–Kier alpha value is -1.59. The van der Waals surface area contributed by atoms with E-state index in [-0.39, 0.29) is 23.7 Å². The molecule has 1 amide bonds. The summed E-state index contributed by atoms with van der Waals surface area (Å²) in [5.74, 6) is -0.176. The summed E-state index contributed by atoms with van der Waals surface area (Å²) in [4.78, 5) is 12.0. The minimum absolute atomic E-state index is 0. The molecule has 19 heavy (non-hydrogen) atoms. The molecular formula is C13H19ClN4O. The molecule has 0 aliphatic carbocycles. The van der Waals surface area contributed by atoms with Gasteiger partial charge in [0.05, 0.1) is 17.8 Å². The number of amides is 1. The highest BCUT2D eigenvalue weighted by atomic mass is 35.5. The van der Waals surface area contributed by atoms with Gasteiger partial charge in [-0.25, -0.2) is 0 Å². The molecular weight excluding hydrogens is 264 g/mol. The highest BCUT2D eigenvalue weighted by molar-refractivity contribution is 5.97. The lowest BCUT2D eigenvalue weighted by Crippen LogP contribution is -2.45. The number of rotatable bonds is 2. The van der Waals surface area contributed by atoms with Crippen LogP contribution in [0.25, 0.3) is 10.9 Å². The van der Waals surface area contributed by atoms with Crippen molar-refractivity contribution in [1.82, 2.24) is 10.2 Å². The Kier molecular flexibility index (Phi) is 4.55. The molecule has 0 bridgehead atoms. The number of aromatic amines is 1. The van der Waals surface area contributed by atoms with Gasteiger partial charge >= 0.3 is 0 Å². The van der Waals surface area contributed by atoms with Crippen LogP contribution in [0.2, 0.25) is 0 Å². The second-order valence-corrected chi connectivity index (χ2v) is 5.50. The van der Waals surface area contributed by atoms with Crippen LogP contribution in [-0.4, -0.2) is 22.1 Å². The van der Waals surface area contributed by atoms with Crippen molar-refractivity contribution < 1.29 is 4.79 Å². The van der Waals surface area contributed by atoms with Crippen LogP contribution in [0, 0.1) is 5.41 Å². The molecule has 0 unspecified atom stereocenters. The van der Waals surface area contributed by atoms with Crippen molar-refractivity contribution in [3.8, 4) is 0 Å². The van der Waals surface area contributed by atoms with E-state index in [4.69, 9.17) is 5.73 Å². The molecule has 6 heteroatoms. The van der Waals surface area contributed by atoms with Gasteiger partial charge in [-0.2, -0.15) is 5.10 Å². The Morgan fingerprint density at radius 3 is 2.74 bits per heavy atom. The largest absolute Gasteiger partial charge is 0.325 e. The summed E-state index contributed by atoms with van der Waals surface area (Å²) in [6.07, 6.45) is 1.72. The van der Waals surface area contributed by atoms with E-state index in [1.807, 2.05) is 39.0 Å². The molecule has 1 aromatic carbocycles. The Morgan fingerprint density at radius 2 is 2.11 bits per heavy atom. The number of hydrogen-bond donors (Lipinski definition) is 3. The lowest BCUT2D eigenvalue weighted by atomic mass is 9.87. The van der Waals surface area contributed by atoms with E-state index in [9.17, 15) is 4.79 Å². The van der Waals surface area contributed by atoms with Gasteiger partial charge in [0.2, 0.25) is 5.91 Å². The first kappa shape index (κ1) is 15.5. The average Bonchev–Trinajstić information content (AvgIpc) is 2.73. The van der Waals surface area contributed by atoms with Crippen LogP contribution < -0.4 is 11.1 Å². The third kappa shape index (κ3) is 3.45. The number of H-pyrrole nitrogens is 1. The number of anilines is 1. The highest BCUT2D eigenvalue weighted by Gasteiger charge is 2.27. The monoisotopic (exact) mass is 282 g/mol. The molecule has 0 fully saturated rings. The number of benzene rings is 1. The zero-order valence-electron chi connectivity index (χ0n) is 11.2. The molecule has 1 aromatic heterocycles. The number of fused-ring (bicyclic) bond motifs is 1. The molecule has 0 spiro atoms. The van der Waals surface area contributed by atoms with E-state index < -0.39 is 6.04 Å². The Labute approximate surface area is 118 Å². The van der Waals surface area contributed by atoms with Crippen molar-refractivity contribution in [3.05, 3.63) is 24.4 Å². The highest BCUT2D eigenvalue weighted by Crippen LogP contribution is 2.20. The summed E-state index contributed by atoms with van der Waals surface area (Å²) in [5.41, 5.74) is 7.31. The van der Waals surface area contributed by atoms with Crippen LogP contribution in [0.3, 0.4) is 0 Å². The summed E-state index contributed by atoms with van der Waals surface area (Å²) < 4.78 is 0. The first-order valence-corrected chi connectivity index (χ1v) is 5.87. The summed E-state index contributed by atoms with van der Waals surface area (Å²) in [6.45, 7) is 5.82. The standard InChI is InChI=1S/C13H18N4O.ClH/c1-13(2,3)11(14)12(18)16-9-4-5-10-8(6-9)7-15-17-10;/h4-7,11H,14H2,1-3H3,(H,15,17)(H,16,18);1H/t11-;/m1./s1. The van der Waals surface area contributed by atoms with Crippen molar-refractivity contribution >= 4 is 34.9 Å². The number of aromatic nitrogens is 2. The van der Waals surface area contributed by atoms with Crippen LogP contribution in [0.5, 0.6) is 0 Å². The minimum atomic E-state index is -0.544. The van der Waals surface area contributed by atoms with E-state index in [0.29, 0.717) is 0 Å². The fraction of sp³-hybridized carbons (Fsp3) is 0.385. The van der Waals surface area contributed by atoms with Crippen LogP contribution >= 0.6 is 12.4 Å². The minimum Gasteiger partial charge on any atom is -0.325 e. The van der Waals surface area contributed by atoms with E-state index in [2.05, 4.69) is 15.5 Å². The number of carbonyl (C=O) groups excluding carboxylic acids is 1. The number of nitrogens with zero attached hydrogens (tertiary/aromatic N) is 1. The predicted molar refractivity (Wildman–Crippen MR) is 79.4 cm³/mol. The van der Waals surface area contributed by atoms with Gasteiger partial charge in [0.1, 0.15) is 0 Å². The summed E-state index contributed by atoms with van der Waals surface area (Å²) in [7, 11) is 0. The van der Waals surface area contributed by atoms with Gasteiger partial charge in [-0.15, -0.1) is 12.4 Å². The van der Waals surface area contributed by atoms with Gasteiger partial charge in [-0.1, -0.05) is 20.8 Å². The quantitative estimate of drug-likeness (QED) is 0.790. The summed E-state index contributed by atoms with van der Waals surface area (Å²) in [5, 5.41) is 10.6. The normalized spacial score (nSPS) is 12.8. The Bertz CT molecular complexity index is 573. The molecule has 104 valence electrons. The Morgan fingerprint density at radius 1 is 1.42 bits per heavy atom. The third-order valence-corrected chi connectivity index (χ3v) is 2.92. The molecule has 5 nitrogen and oxygen atoms in total. The average molecular weight is 283 g/mol. The van der Waals surface area contributed by atoms with Crippen LogP contribution in [0.1, 0.15) is 20.8 Å². The van der Waals surface area contributed by atoms with E-state index in [1.165, 1.54) is 0 Å². The lowest BCUT2D eigenvalue weighted by Gasteiger charge is -2.25. The van der Waals surface area contributed by atoms with E-state index in [0.717, 1.165) is 16.6 Å². The van der Waals surface area contributed by atoms with Crippen molar-refractivity contribution in [2.45, 2.75) is 26.8 Å². The topological polar surface area (TPSA) is 83.8 Å². The van der Waals surface area contributed by atoms with Crippen molar-refractivity contribution in [3.63, 3.8) is 0 Å². The van der Waals surface area contributed by atoms with Crippen LogP contribution in [0.4, 0.5) is 5.69 Å². The molecule has 0 radical (unpaired) electrons. The number of hydrogen-bond acceptors (Lipinski definition) is 3. The molecule has 0 aliphatic rings. The molecule has 2 rings (SSSR count). The van der Waals surface area contributed by atoms with E-state index in [1.54, 1.807) is 6.20 Å². The molecule has 0 aliphatic heterocycles. The Balaban J connectivity index is 0.00000180. The van der Waals surface area contributed by atoms with Gasteiger partial charge in [0, 0.05) is 11.1 Å². The second kappa shape index (κ2) is 5.59. The maximum absolute atomic E-state index is 12.0. The van der Waals surface area contributed by atoms with Crippen LogP contribution in [0.15, 0.2) is 24.4 Å². The number of nitrogens with two attached hydrogens (primary N) is 1. The second-order valence-electron chi connectivity index (χ2n) is 5.50.